The number of nitrogen functional groups attached to an aromatic ring is 1. The lowest BCUT2D eigenvalue weighted by atomic mass is 10.3. The molecule has 1 aromatic heterocycles. The Bertz CT molecular complexity index is 709. The van der Waals surface area contributed by atoms with Crippen LogP contribution in [0.25, 0.3) is 0 Å². The second kappa shape index (κ2) is 6.96. The zero-order valence-corrected chi connectivity index (χ0v) is 12.7. The van der Waals surface area contributed by atoms with Gasteiger partial charge in [0.05, 0.1) is 17.7 Å². The van der Waals surface area contributed by atoms with Crippen LogP contribution in [0.15, 0.2) is 30.5 Å². The maximum absolute atomic E-state index is 10.6. The molecule has 10 heteroatoms. The molecular formula is C12H11ClN6O2S. The molecule has 0 amide bonds. The molecule has 0 unspecified atom stereocenters. The van der Waals surface area contributed by atoms with Crippen LogP contribution in [0.3, 0.4) is 0 Å². The topological polar surface area (TPSA) is 119 Å². The number of nitrogens with two attached hydrogens (primary N) is 1. The first kappa shape index (κ1) is 15.9. The van der Waals surface area contributed by atoms with Gasteiger partial charge in [-0.25, -0.2) is 9.97 Å². The van der Waals surface area contributed by atoms with Gasteiger partial charge in [-0.3, -0.25) is 10.1 Å². The standard InChI is InChI=1S/C12H11ClN6O2S/c13-10-6-15-11(14)9(18-10)5-16-12(22)17-7-1-3-8(4-2-7)19(20)21/h1-4,6H,5H2,(H2,14,15)(H2,16,17,22). The highest BCUT2D eigenvalue weighted by molar-refractivity contribution is 7.80. The van der Waals surface area contributed by atoms with Gasteiger partial charge in [0, 0.05) is 17.8 Å². The Morgan fingerprint density at radius 2 is 2.09 bits per heavy atom. The molecule has 0 bridgehead atoms. The molecule has 2 rings (SSSR count). The number of aromatic nitrogens is 2. The van der Waals surface area contributed by atoms with Gasteiger partial charge in [-0.2, -0.15) is 0 Å². The predicted octanol–water partition coefficient (Wildman–Crippen LogP) is 2.11. The molecule has 114 valence electrons. The van der Waals surface area contributed by atoms with E-state index in [1.807, 2.05) is 0 Å². The molecule has 1 aromatic carbocycles. The highest BCUT2D eigenvalue weighted by atomic mass is 35.5. The summed E-state index contributed by atoms with van der Waals surface area (Å²) >= 11 is 10.9. The number of nitrogens with zero attached hydrogens (tertiary/aromatic N) is 3. The first-order valence-electron chi connectivity index (χ1n) is 6.02. The number of anilines is 2. The van der Waals surface area contributed by atoms with Gasteiger partial charge >= 0.3 is 0 Å². The number of benzene rings is 1. The average Bonchev–Trinajstić information content (AvgIpc) is 2.49. The van der Waals surface area contributed by atoms with Crippen molar-refractivity contribution in [3.8, 4) is 0 Å². The third kappa shape index (κ3) is 4.24. The van der Waals surface area contributed by atoms with Crippen LogP contribution in [-0.2, 0) is 6.54 Å². The number of nitrogens with one attached hydrogen (secondary N) is 2. The predicted molar refractivity (Wildman–Crippen MR) is 87.6 cm³/mol. The van der Waals surface area contributed by atoms with E-state index in [4.69, 9.17) is 29.6 Å². The number of non-ortho nitro benzene ring substituents is 1. The van der Waals surface area contributed by atoms with Crippen LogP contribution in [0.2, 0.25) is 5.15 Å². The number of nitro benzene ring substituents is 1. The van der Waals surface area contributed by atoms with Crippen molar-refractivity contribution in [1.29, 1.82) is 0 Å². The molecule has 0 atom stereocenters. The van der Waals surface area contributed by atoms with Crippen LogP contribution in [0.5, 0.6) is 0 Å². The normalized spacial score (nSPS) is 10.0. The lowest BCUT2D eigenvalue weighted by Gasteiger charge is -2.11. The zero-order valence-electron chi connectivity index (χ0n) is 11.1. The first-order chi connectivity index (χ1) is 10.5. The highest BCUT2D eigenvalue weighted by Gasteiger charge is 2.07. The van der Waals surface area contributed by atoms with Crippen LogP contribution >= 0.6 is 23.8 Å². The van der Waals surface area contributed by atoms with Gasteiger partial charge < -0.3 is 16.4 Å². The summed E-state index contributed by atoms with van der Waals surface area (Å²) in [7, 11) is 0. The highest BCUT2D eigenvalue weighted by Crippen LogP contribution is 2.15. The summed E-state index contributed by atoms with van der Waals surface area (Å²) in [4.78, 5) is 18.0. The molecule has 0 fully saturated rings. The molecule has 0 saturated heterocycles. The molecule has 0 radical (unpaired) electrons. The fourth-order valence-electron chi connectivity index (χ4n) is 1.55. The van der Waals surface area contributed by atoms with Gasteiger partial charge in [0.25, 0.3) is 5.69 Å². The number of nitro groups is 1. The number of hydrogen-bond donors (Lipinski definition) is 3. The summed E-state index contributed by atoms with van der Waals surface area (Å²) in [5.74, 6) is 0.259. The Balaban J connectivity index is 1.92. The third-order valence-corrected chi connectivity index (χ3v) is 3.03. The van der Waals surface area contributed by atoms with Crippen LogP contribution in [-0.4, -0.2) is 20.0 Å². The quantitative estimate of drug-likeness (QED) is 0.440. The maximum Gasteiger partial charge on any atom is 0.269 e. The summed E-state index contributed by atoms with van der Waals surface area (Å²) in [5, 5.41) is 16.9. The van der Waals surface area contributed by atoms with Crippen LogP contribution in [0.1, 0.15) is 5.69 Å². The van der Waals surface area contributed by atoms with Gasteiger partial charge in [-0.05, 0) is 24.4 Å². The molecule has 0 aliphatic heterocycles. The van der Waals surface area contributed by atoms with Crippen LogP contribution in [0, 0.1) is 10.1 Å². The Hall–Kier alpha value is -2.52. The van der Waals surface area contributed by atoms with Crippen molar-refractivity contribution < 1.29 is 4.92 Å². The van der Waals surface area contributed by atoms with E-state index in [9.17, 15) is 10.1 Å². The Kier molecular flexibility index (Phi) is 5.02. The summed E-state index contributed by atoms with van der Waals surface area (Å²) in [6, 6.07) is 5.87. The van der Waals surface area contributed by atoms with E-state index in [1.165, 1.54) is 18.3 Å². The lowest BCUT2D eigenvalue weighted by Crippen LogP contribution is -2.28. The van der Waals surface area contributed by atoms with E-state index in [2.05, 4.69) is 20.6 Å². The largest absolute Gasteiger partial charge is 0.382 e. The SMILES string of the molecule is Nc1ncc(Cl)nc1CNC(=S)Nc1ccc([N+](=O)[O-])cc1. The molecule has 0 saturated carbocycles. The number of thiocarbonyl (C=S) groups is 1. The van der Waals surface area contributed by atoms with Crippen molar-refractivity contribution in [2.75, 3.05) is 11.1 Å². The van der Waals surface area contributed by atoms with Gasteiger partial charge in [-0.1, -0.05) is 11.6 Å². The number of halogens is 1. The lowest BCUT2D eigenvalue weighted by molar-refractivity contribution is -0.384. The van der Waals surface area contributed by atoms with E-state index < -0.39 is 4.92 Å². The van der Waals surface area contributed by atoms with Crippen molar-refractivity contribution in [2.24, 2.45) is 0 Å². The fourth-order valence-corrected chi connectivity index (χ4v) is 1.89. The monoisotopic (exact) mass is 338 g/mol. The minimum Gasteiger partial charge on any atom is -0.382 e. The molecule has 8 nitrogen and oxygen atoms in total. The summed E-state index contributed by atoms with van der Waals surface area (Å²) in [6.07, 6.45) is 1.35. The summed E-state index contributed by atoms with van der Waals surface area (Å²) in [6.45, 7) is 0.248. The number of hydrogen-bond acceptors (Lipinski definition) is 6. The molecule has 1 heterocycles. The van der Waals surface area contributed by atoms with Gasteiger partial charge in [0.1, 0.15) is 16.7 Å². The Morgan fingerprint density at radius 1 is 1.41 bits per heavy atom. The minimum absolute atomic E-state index is 0.00593. The van der Waals surface area contributed by atoms with Crippen molar-refractivity contribution in [3.63, 3.8) is 0 Å². The molecule has 4 N–H and O–H groups in total. The molecule has 0 aliphatic carbocycles. The summed E-state index contributed by atoms with van der Waals surface area (Å²) < 4.78 is 0. The Morgan fingerprint density at radius 3 is 2.73 bits per heavy atom. The van der Waals surface area contributed by atoms with E-state index in [0.29, 0.717) is 16.5 Å². The average molecular weight is 339 g/mol. The third-order valence-electron chi connectivity index (χ3n) is 2.60. The van der Waals surface area contributed by atoms with Crippen molar-refractivity contribution in [2.45, 2.75) is 6.54 Å². The van der Waals surface area contributed by atoms with E-state index >= 15 is 0 Å². The molecular weight excluding hydrogens is 328 g/mol. The van der Waals surface area contributed by atoms with E-state index in [-0.39, 0.29) is 23.2 Å². The van der Waals surface area contributed by atoms with Gasteiger partial charge in [0.15, 0.2) is 5.11 Å². The van der Waals surface area contributed by atoms with Gasteiger partial charge in [-0.15, -0.1) is 0 Å². The molecule has 2 aromatic rings. The zero-order chi connectivity index (χ0) is 16.1. The van der Waals surface area contributed by atoms with Crippen molar-refractivity contribution in [1.82, 2.24) is 15.3 Å². The molecule has 0 spiro atoms. The second-order valence-electron chi connectivity index (χ2n) is 4.14. The smallest absolute Gasteiger partial charge is 0.269 e. The van der Waals surface area contributed by atoms with E-state index in [1.54, 1.807) is 12.1 Å². The van der Waals surface area contributed by atoms with Crippen molar-refractivity contribution in [3.05, 3.63) is 51.4 Å². The number of rotatable bonds is 4. The molecule has 0 aliphatic rings. The maximum atomic E-state index is 10.6. The van der Waals surface area contributed by atoms with Crippen LogP contribution < -0.4 is 16.4 Å². The molecule has 22 heavy (non-hydrogen) atoms. The fraction of sp³-hybridized carbons (Fsp3) is 0.0833. The first-order valence-corrected chi connectivity index (χ1v) is 6.80. The second-order valence-corrected chi connectivity index (χ2v) is 4.93. The minimum atomic E-state index is -0.471. The van der Waals surface area contributed by atoms with Gasteiger partial charge in [0.2, 0.25) is 0 Å². The Labute approximate surface area is 135 Å². The van der Waals surface area contributed by atoms with E-state index in [0.717, 1.165) is 0 Å². The summed E-state index contributed by atoms with van der Waals surface area (Å²) in [5.41, 5.74) is 6.77. The van der Waals surface area contributed by atoms with Crippen LogP contribution in [0.4, 0.5) is 17.2 Å². The van der Waals surface area contributed by atoms with Crippen molar-refractivity contribution >= 4 is 46.1 Å².